The van der Waals surface area contributed by atoms with Crippen molar-refractivity contribution in [1.82, 2.24) is 8.87 Å². The van der Waals surface area contributed by atoms with Crippen LogP contribution < -0.4 is 9.64 Å². The maximum atomic E-state index is 13.5. The van der Waals surface area contributed by atoms with Crippen molar-refractivity contribution in [2.75, 3.05) is 31.6 Å². The summed E-state index contributed by atoms with van der Waals surface area (Å²) in [7, 11) is -2.27. The van der Waals surface area contributed by atoms with E-state index in [0.717, 1.165) is 6.54 Å². The summed E-state index contributed by atoms with van der Waals surface area (Å²) in [5, 5.41) is 0.372. The average Bonchev–Trinajstić information content (AvgIpc) is 3.30. The summed E-state index contributed by atoms with van der Waals surface area (Å²) in [5.41, 5.74) is 4.55. The van der Waals surface area contributed by atoms with Crippen molar-refractivity contribution < 1.29 is 13.2 Å². The van der Waals surface area contributed by atoms with E-state index in [2.05, 4.69) is 59.8 Å². The van der Waals surface area contributed by atoms with Gasteiger partial charge in [-0.25, -0.2) is 8.42 Å². The number of aromatic nitrogens is 1. The van der Waals surface area contributed by atoms with Crippen molar-refractivity contribution in [2.45, 2.75) is 37.1 Å². The van der Waals surface area contributed by atoms with Gasteiger partial charge in [0.2, 0.25) is 10.0 Å². The number of ether oxygens (including phenoxy) is 1. The number of nitrogens with zero attached hydrogens (tertiary/aromatic N) is 3. The molecule has 2 aliphatic heterocycles. The van der Waals surface area contributed by atoms with Crippen LogP contribution in [0, 0.1) is 6.92 Å². The molecular weight excluding hydrogens is 458 g/mol. The summed E-state index contributed by atoms with van der Waals surface area (Å²) < 4.78 is 36.3. The number of aryl methyl sites for hydroxylation is 1. The van der Waals surface area contributed by atoms with Crippen molar-refractivity contribution >= 4 is 27.3 Å². The predicted molar refractivity (Wildman–Crippen MR) is 131 cm³/mol. The van der Waals surface area contributed by atoms with Gasteiger partial charge in [0.25, 0.3) is 0 Å². The fourth-order valence-corrected chi connectivity index (χ4v) is 7.34. The molecule has 0 aliphatic carbocycles. The van der Waals surface area contributed by atoms with E-state index in [1.165, 1.54) is 35.8 Å². The monoisotopic (exact) mass is 485 g/mol. The van der Waals surface area contributed by atoms with Crippen LogP contribution in [0.2, 0.25) is 5.02 Å². The van der Waals surface area contributed by atoms with Crippen LogP contribution >= 0.6 is 11.6 Å². The highest BCUT2D eigenvalue weighted by molar-refractivity contribution is 7.89. The molecular formula is C25H28ClN3O3S. The summed E-state index contributed by atoms with van der Waals surface area (Å²) in [6.07, 6.45) is 3.50. The second-order valence-electron chi connectivity index (χ2n) is 8.73. The molecule has 0 amide bonds. The van der Waals surface area contributed by atoms with Crippen LogP contribution in [-0.4, -0.2) is 44.0 Å². The molecule has 1 spiro atoms. The molecule has 33 heavy (non-hydrogen) atoms. The molecule has 0 saturated carbocycles. The largest absolute Gasteiger partial charge is 0.495 e. The molecule has 0 atom stereocenters. The first-order chi connectivity index (χ1) is 15.8. The maximum Gasteiger partial charge on any atom is 0.246 e. The van der Waals surface area contributed by atoms with Gasteiger partial charge in [0, 0.05) is 36.5 Å². The molecule has 0 bridgehead atoms. The molecule has 1 saturated heterocycles. The zero-order chi connectivity index (χ0) is 23.4. The third-order valence-corrected chi connectivity index (χ3v) is 9.19. The highest BCUT2D eigenvalue weighted by Gasteiger charge is 2.48. The van der Waals surface area contributed by atoms with Crippen LogP contribution in [0.4, 0.5) is 5.69 Å². The Kier molecular flexibility index (Phi) is 5.46. The van der Waals surface area contributed by atoms with E-state index in [1.807, 2.05) is 0 Å². The van der Waals surface area contributed by atoms with Crippen LogP contribution in [0.3, 0.4) is 0 Å². The van der Waals surface area contributed by atoms with Gasteiger partial charge in [0.15, 0.2) is 0 Å². The molecule has 0 N–H and O–H groups in total. The lowest BCUT2D eigenvalue weighted by Gasteiger charge is -2.52. The number of hydrogen-bond donors (Lipinski definition) is 0. The Labute approximate surface area is 200 Å². The smallest absolute Gasteiger partial charge is 0.246 e. The van der Waals surface area contributed by atoms with E-state index in [9.17, 15) is 8.42 Å². The van der Waals surface area contributed by atoms with Gasteiger partial charge in [-0.2, -0.15) is 4.31 Å². The zero-order valence-electron chi connectivity index (χ0n) is 19.1. The molecule has 1 aromatic heterocycles. The van der Waals surface area contributed by atoms with Gasteiger partial charge in [-0.15, -0.1) is 0 Å². The molecule has 5 rings (SSSR count). The number of rotatable bonds is 4. The fraction of sp³-hybridized carbons (Fsp3) is 0.360. The second kappa shape index (κ2) is 8.08. The molecule has 0 unspecified atom stereocenters. The number of anilines is 1. The molecule has 3 aromatic rings. The normalized spacial score (nSPS) is 17.6. The van der Waals surface area contributed by atoms with Crippen LogP contribution in [0.25, 0.3) is 5.69 Å². The third kappa shape index (κ3) is 3.36. The highest BCUT2D eigenvalue weighted by Crippen LogP contribution is 2.49. The molecule has 6 nitrogen and oxygen atoms in total. The van der Waals surface area contributed by atoms with E-state index in [1.54, 1.807) is 16.4 Å². The lowest BCUT2D eigenvalue weighted by Crippen LogP contribution is -2.56. The van der Waals surface area contributed by atoms with Crippen LogP contribution in [0.15, 0.2) is 59.6 Å². The first-order valence-electron chi connectivity index (χ1n) is 11.2. The first-order valence-corrected chi connectivity index (χ1v) is 13.0. The van der Waals surface area contributed by atoms with E-state index >= 15 is 0 Å². The van der Waals surface area contributed by atoms with Crippen molar-refractivity contribution in [3.63, 3.8) is 0 Å². The van der Waals surface area contributed by atoms with Crippen molar-refractivity contribution in [3.05, 3.63) is 71.0 Å². The summed E-state index contributed by atoms with van der Waals surface area (Å²) in [6, 6.07) is 15.5. The number of halogens is 1. The summed E-state index contributed by atoms with van der Waals surface area (Å²) >= 11 is 6.13. The SMILES string of the molecule is CCN1c2cc(C)ccc2-n2cccc2C12CCN(S(=O)(=O)c1cc(Cl)ccc1OC)CC2. The topological polar surface area (TPSA) is 54.8 Å². The van der Waals surface area contributed by atoms with Gasteiger partial charge in [-0.3, -0.25) is 0 Å². The molecule has 3 heterocycles. The number of hydrogen-bond acceptors (Lipinski definition) is 4. The van der Waals surface area contributed by atoms with Gasteiger partial charge in [0.05, 0.1) is 24.0 Å². The number of fused-ring (bicyclic) bond motifs is 4. The molecule has 8 heteroatoms. The first kappa shape index (κ1) is 22.3. The van der Waals surface area contributed by atoms with Crippen molar-refractivity contribution in [3.8, 4) is 11.4 Å². The van der Waals surface area contributed by atoms with Gasteiger partial charge in [-0.05, 0) is 74.7 Å². The van der Waals surface area contributed by atoms with Crippen molar-refractivity contribution in [2.24, 2.45) is 0 Å². The minimum atomic E-state index is -3.74. The zero-order valence-corrected chi connectivity index (χ0v) is 20.7. The quantitative estimate of drug-likeness (QED) is 0.523. The van der Waals surface area contributed by atoms with Crippen LogP contribution in [0.1, 0.15) is 31.0 Å². The van der Waals surface area contributed by atoms with Gasteiger partial charge < -0.3 is 14.2 Å². The van der Waals surface area contributed by atoms with E-state index in [0.29, 0.717) is 36.7 Å². The Morgan fingerprint density at radius 1 is 1.06 bits per heavy atom. The van der Waals surface area contributed by atoms with Crippen LogP contribution in [0.5, 0.6) is 5.75 Å². The fourth-order valence-electron chi connectivity index (χ4n) is 5.48. The minimum absolute atomic E-state index is 0.119. The predicted octanol–water partition coefficient (Wildman–Crippen LogP) is 4.97. The summed E-state index contributed by atoms with van der Waals surface area (Å²) in [4.78, 5) is 2.59. The summed E-state index contributed by atoms with van der Waals surface area (Å²) in [6.45, 7) is 5.96. The molecule has 0 radical (unpaired) electrons. The Morgan fingerprint density at radius 2 is 1.82 bits per heavy atom. The van der Waals surface area contributed by atoms with Crippen LogP contribution in [-0.2, 0) is 15.6 Å². The maximum absolute atomic E-state index is 13.5. The Bertz CT molecular complexity index is 1310. The van der Waals surface area contributed by atoms with Gasteiger partial charge in [-0.1, -0.05) is 17.7 Å². The molecule has 174 valence electrons. The Morgan fingerprint density at radius 3 is 2.52 bits per heavy atom. The number of methoxy groups -OCH3 is 1. The molecule has 1 fully saturated rings. The third-order valence-electron chi connectivity index (χ3n) is 7.03. The molecule has 2 aliphatic rings. The number of piperidine rings is 1. The Balaban J connectivity index is 1.52. The van der Waals surface area contributed by atoms with E-state index in [4.69, 9.17) is 16.3 Å². The average molecular weight is 486 g/mol. The van der Waals surface area contributed by atoms with Gasteiger partial charge >= 0.3 is 0 Å². The molecule has 2 aromatic carbocycles. The minimum Gasteiger partial charge on any atom is -0.495 e. The second-order valence-corrected chi connectivity index (χ2v) is 11.1. The number of sulfonamides is 1. The number of benzene rings is 2. The summed E-state index contributed by atoms with van der Waals surface area (Å²) in [5.74, 6) is 0.311. The standard InChI is InChI=1S/C25H28ClN3O3S/c1-4-29-21-16-18(2)7-9-20(21)28-13-5-6-24(28)25(29)11-14-27(15-12-25)33(30,31)23-17-19(26)8-10-22(23)32-3/h5-10,13,16-17H,4,11-12,14-15H2,1-3H3. The van der Waals surface area contributed by atoms with Gasteiger partial charge in [0.1, 0.15) is 10.6 Å². The van der Waals surface area contributed by atoms with E-state index < -0.39 is 10.0 Å². The lowest BCUT2D eigenvalue weighted by atomic mass is 9.81. The lowest BCUT2D eigenvalue weighted by molar-refractivity contribution is 0.214. The van der Waals surface area contributed by atoms with E-state index in [-0.39, 0.29) is 10.4 Å². The van der Waals surface area contributed by atoms with Crippen molar-refractivity contribution in [1.29, 1.82) is 0 Å². The highest BCUT2D eigenvalue weighted by atomic mass is 35.5. The Hall–Kier alpha value is -2.48.